The van der Waals surface area contributed by atoms with Crippen LogP contribution in [0.25, 0.3) is 0 Å². The van der Waals surface area contributed by atoms with Crippen LogP contribution in [0.1, 0.15) is 12.8 Å². The molecule has 118 valence electrons. The summed E-state index contributed by atoms with van der Waals surface area (Å²) in [6.07, 6.45) is 2.20. The van der Waals surface area contributed by atoms with E-state index < -0.39 is 10.0 Å². The van der Waals surface area contributed by atoms with Crippen LogP contribution in [0.4, 0.5) is 11.4 Å². The minimum atomic E-state index is -3.46. The molecule has 1 aromatic rings. The molecule has 1 unspecified atom stereocenters. The summed E-state index contributed by atoms with van der Waals surface area (Å²) in [4.78, 5) is 2.23. The Labute approximate surface area is 126 Å². The Bertz CT molecular complexity index is 583. The van der Waals surface area contributed by atoms with Crippen molar-refractivity contribution in [2.24, 2.45) is 5.92 Å². The molecule has 2 rings (SSSR count). The van der Waals surface area contributed by atoms with Gasteiger partial charge in [0.2, 0.25) is 10.0 Å². The first kappa shape index (κ1) is 16.1. The Morgan fingerprint density at radius 3 is 2.86 bits per heavy atom. The van der Waals surface area contributed by atoms with Crippen LogP contribution in [-0.4, -0.2) is 42.3 Å². The van der Waals surface area contributed by atoms with Gasteiger partial charge in [0.15, 0.2) is 0 Å². The maximum atomic E-state index is 11.9. The fraction of sp³-hybridized carbons (Fsp3) is 0.571. The summed E-state index contributed by atoms with van der Waals surface area (Å²) < 4.78 is 31.6. The largest absolute Gasteiger partial charge is 0.397 e. The smallest absolute Gasteiger partial charge is 0.240 e. The zero-order valence-corrected chi connectivity index (χ0v) is 13.3. The van der Waals surface area contributed by atoms with Crippen LogP contribution in [-0.2, 0) is 14.8 Å². The molecule has 1 aliphatic heterocycles. The van der Waals surface area contributed by atoms with Gasteiger partial charge in [0.05, 0.1) is 22.9 Å². The number of nitrogens with one attached hydrogen (secondary N) is 1. The normalized spacial score (nSPS) is 19.4. The van der Waals surface area contributed by atoms with E-state index >= 15 is 0 Å². The molecular formula is C14H23N3O3S. The summed E-state index contributed by atoms with van der Waals surface area (Å²) >= 11 is 0. The van der Waals surface area contributed by atoms with Crippen molar-refractivity contribution in [3.8, 4) is 0 Å². The highest BCUT2D eigenvalue weighted by molar-refractivity contribution is 7.89. The van der Waals surface area contributed by atoms with E-state index in [-0.39, 0.29) is 4.90 Å². The zero-order chi connectivity index (χ0) is 15.5. The molecule has 1 aliphatic rings. The van der Waals surface area contributed by atoms with Crippen molar-refractivity contribution in [3.63, 3.8) is 0 Å². The number of hydrogen-bond acceptors (Lipinski definition) is 5. The highest BCUT2D eigenvalue weighted by Crippen LogP contribution is 2.27. The Kier molecular flexibility index (Phi) is 5.08. The number of rotatable bonds is 5. The van der Waals surface area contributed by atoms with Crippen LogP contribution in [0.5, 0.6) is 0 Å². The van der Waals surface area contributed by atoms with E-state index in [1.54, 1.807) is 12.1 Å². The molecule has 1 aromatic carbocycles. The summed E-state index contributed by atoms with van der Waals surface area (Å²) in [6, 6.07) is 4.76. The van der Waals surface area contributed by atoms with Gasteiger partial charge in [0, 0.05) is 20.2 Å². The maximum absolute atomic E-state index is 11.9. The SMILES string of the molecule is CNS(=O)(=O)c1ccc(N)c(N(C)CC2CCCOC2)c1. The summed E-state index contributed by atoms with van der Waals surface area (Å²) in [5.41, 5.74) is 7.30. The third-order valence-corrected chi connectivity index (χ3v) is 5.19. The van der Waals surface area contributed by atoms with E-state index in [9.17, 15) is 8.42 Å². The molecule has 0 saturated carbocycles. The van der Waals surface area contributed by atoms with E-state index in [0.29, 0.717) is 11.6 Å². The van der Waals surface area contributed by atoms with Crippen molar-refractivity contribution >= 4 is 21.4 Å². The number of sulfonamides is 1. The third kappa shape index (κ3) is 3.87. The van der Waals surface area contributed by atoms with Gasteiger partial charge in [-0.05, 0) is 44.0 Å². The first-order valence-electron chi connectivity index (χ1n) is 7.06. The van der Waals surface area contributed by atoms with Crippen LogP contribution >= 0.6 is 0 Å². The van der Waals surface area contributed by atoms with E-state index in [1.165, 1.54) is 13.1 Å². The Balaban J connectivity index is 2.19. The quantitative estimate of drug-likeness (QED) is 0.794. The lowest BCUT2D eigenvalue weighted by Gasteiger charge is -2.29. The van der Waals surface area contributed by atoms with Crippen LogP contribution in [0, 0.1) is 5.92 Å². The van der Waals surface area contributed by atoms with Gasteiger partial charge < -0.3 is 15.4 Å². The van der Waals surface area contributed by atoms with Crippen LogP contribution in [0.15, 0.2) is 23.1 Å². The number of nitrogen functional groups attached to an aromatic ring is 1. The molecule has 3 N–H and O–H groups in total. The molecule has 7 heteroatoms. The van der Waals surface area contributed by atoms with Gasteiger partial charge in [-0.3, -0.25) is 0 Å². The second-order valence-corrected chi connectivity index (χ2v) is 7.28. The Morgan fingerprint density at radius 2 is 2.24 bits per heavy atom. The van der Waals surface area contributed by atoms with Gasteiger partial charge in [0.25, 0.3) is 0 Å². The summed E-state index contributed by atoms with van der Waals surface area (Å²) in [5.74, 6) is 0.452. The van der Waals surface area contributed by atoms with Gasteiger partial charge >= 0.3 is 0 Å². The van der Waals surface area contributed by atoms with Gasteiger partial charge in [-0.1, -0.05) is 0 Å². The molecule has 1 fully saturated rings. The fourth-order valence-electron chi connectivity index (χ4n) is 2.58. The molecule has 0 bridgehead atoms. The topological polar surface area (TPSA) is 84.7 Å². The number of benzene rings is 1. The lowest BCUT2D eigenvalue weighted by Crippen LogP contribution is -2.31. The molecule has 1 heterocycles. The van der Waals surface area contributed by atoms with Crippen molar-refractivity contribution in [2.75, 3.05) is 44.5 Å². The molecular weight excluding hydrogens is 290 g/mol. The lowest BCUT2D eigenvalue weighted by atomic mass is 10.0. The van der Waals surface area contributed by atoms with Crippen molar-refractivity contribution < 1.29 is 13.2 Å². The first-order valence-corrected chi connectivity index (χ1v) is 8.54. The summed E-state index contributed by atoms with van der Waals surface area (Å²) in [5, 5.41) is 0. The third-order valence-electron chi connectivity index (χ3n) is 3.78. The van der Waals surface area contributed by atoms with E-state index in [0.717, 1.165) is 38.3 Å². The van der Waals surface area contributed by atoms with E-state index in [4.69, 9.17) is 10.5 Å². The van der Waals surface area contributed by atoms with Crippen molar-refractivity contribution in [3.05, 3.63) is 18.2 Å². The Morgan fingerprint density at radius 1 is 1.48 bits per heavy atom. The average molecular weight is 313 g/mol. The maximum Gasteiger partial charge on any atom is 0.240 e. The highest BCUT2D eigenvalue weighted by atomic mass is 32.2. The molecule has 1 saturated heterocycles. The van der Waals surface area contributed by atoms with Gasteiger partial charge in [-0.2, -0.15) is 0 Å². The van der Waals surface area contributed by atoms with Crippen molar-refractivity contribution in [1.82, 2.24) is 4.72 Å². The zero-order valence-electron chi connectivity index (χ0n) is 12.5. The number of nitrogens with zero attached hydrogens (tertiary/aromatic N) is 1. The molecule has 0 amide bonds. The second-order valence-electron chi connectivity index (χ2n) is 5.39. The van der Waals surface area contributed by atoms with Crippen molar-refractivity contribution in [2.45, 2.75) is 17.7 Å². The molecule has 6 nitrogen and oxygen atoms in total. The molecule has 21 heavy (non-hydrogen) atoms. The standard InChI is InChI=1S/C14H23N3O3S/c1-16-21(18,19)12-5-6-13(15)14(8-12)17(2)9-11-4-3-7-20-10-11/h5-6,8,11,16H,3-4,7,9-10,15H2,1-2H3. The first-order chi connectivity index (χ1) is 9.94. The highest BCUT2D eigenvalue weighted by Gasteiger charge is 2.19. The van der Waals surface area contributed by atoms with Crippen LogP contribution < -0.4 is 15.4 Å². The van der Waals surface area contributed by atoms with Gasteiger partial charge in [-0.25, -0.2) is 13.1 Å². The van der Waals surface area contributed by atoms with Crippen LogP contribution in [0.3, 0.4) is 0 Å². The second kappa shape index (κ2) is 6.64. The number of anilines is 2. The van der Waals surface area contributed by atoms with Gasteiger partial charge in [-0.15, -0.1) is 0 Å². The number of ether oxygens (including phenoxy) is 1. The van der Waals surface area contributed by atoms with E-state index in [2.05, 4.69) is 4.72 Å². The minimum Gasteiger partial charge on any atom is -0.397 e. The number of nitrogens with two attached hydrogens (primary N) is 1. The molecule has 1 atom stereocenters. The molecule has 0 aromatic heterocycles. The van der Waals surface area contributed by atoms with Gasteiger partial charge in [0.1, 0.15) is 0 Å². The predicted molar refractivity (Wildman–Crippen MR) is 83.9 cm³/mol. The lowest BCUT2D eigenvalue weighted by molar-refractivity contribution is 0.0576. The minimum absolute atomic E-state index is 0.223. The summed E-state index contributed by atoms with van der Waals surface area (Å²) in [6.45, 7) is 2.38. The summed E-state index contributed by atoms with van der Waals surface area (Å²) in [7, 11) is -0.137. The predicted octanol–water partition coefficient (Wildman–Crippen LogP) is 1.04. The molecule has 0 aliphatic carbocycles. The fourth-order valence-corrected chi connectivity index (χ4v) is 3.33. The van der Waals surface area contributed by atoms with Crippen LogP contribution in [0.2, 0.25) is 0 Å². The van der Waals surface area contributed by atoms with Crippen molar-refractivity contribution in [1.29, 1.82) is 0 Å². The molecule has 0 spiro atoms. The number of hydrogen-bond donors (Lipinski definition) is 2. The molecule has 0 radical (unpaired) electrons. The average Bonchev–Trinajstić information content (AvgIpc) is 2.48. The Hall–Kier alpha value is -1.31. The van der Waals surface area contributed by atoms with E-state index in [1.807, 2.05) is 11.9 Å². The monoisotopic (exact) mass is 313 g/mol.